The molecule has 8 aromatic carbocycles. The fourth-order valence-electron chi connectivity index (χ4n) is 9.48. The summed E-state index contributed by atoms with van der Waals surface area (Å²) in [5.41, 5.74) is 9.03. The van der Waals surface area contributed by atoms with Crippen LogP contribution in [0.25, 0.3) is 81.4 Å². The summed E-state index contributed by atoms with van der Waals surface area (Å²) in [7, 11) is 0. The summed E-state index contributed by atoms with van der Waals surface area (Å²) in [6.07, 6.45) is 0. The van der Waals surface area contributed by atoms with Gasteiger partial charge in [-0.25, -0.2) is 0 Å². The van der Waals surface area contributed by atoms with Crippen LogP contribution in [0.15, 0.2) is 200 Å². The molecule has 11 aromatic rings. The van der Waals surface area contributed by atoms with E-state index in [0.29, 0.717) is 0 Å². The standard InChI is InChI=1S/C52H33GeN3S/c1-4-16-34(17-5-1)49-48-41-23-10-13-25-43(41)53(36-18-6-2-7-19-36,37-20-8-3-9-21-37)51(48)55-52(54-49)35-28-30-38(31-29-35)56-44-26-14-11-24-42(44)47-45(56)33-32-40-39-22-12-15-27-46(39)57-50(40)47/h1-33H. The first-order chi connectivity index (χ1) is 28.3. The van der Waals surface area contributed by atoms with Crippen LogP contribution < -0.4 is 17.7 Å². The second-order valence-corrected chi connectivity index (χ2v) is 23.6. The molecule has 0 saturated carbocycles. The SMILES string of the molecule is c1ccc(-c2nc(-c3ccc(-n4c5ccccc5c5c6sc7ccccc7c6ccc54)cc3)n[c]3c2-c2cccc[c]2[Ge]3([c]2ccccc2)[c]2ccccc2)cc1. The maximum atomic E-state index is 5.74. The molecule has 0 atom stereocenters. The van der Waals surface area contributed by atoms with E-state index in [0.717, 1.165) is 28.3 Å². The van der Waals surface area contributed by atoms with Gasteiger partial charge in [0.05, 0.1) is 0 Å². The Bertz CT molecular complexity index is 3300. The van der Waals surface area contributed by atoms with Crippen LogP contribution in [0.2, 0.25) is 0 Å². The minimum atomic E-state index is -3.64. The third-order valence-corrected chi connectivity index (χ3v) is 23.0. The summed E-state index contributed by atoms with van der Waals surface area (Å²) in [6.45, 7) is 0. The maximum absolute atomic E-state index is 5.74. The average molecular weight is 805 g/mol. The van der Waals surface area contributed by atoms with Crippen LogP contribution in [0.3, 0.4) is 0 Å². The second-order valence-electron chi connectivity index (χ2n) is 14.8. The fraction of sp³-hybridized carbons (Fsp3) is 0. The van der Waals surface area contributed by atoms with Gasteiger partial charge in [-0.15, -0.1) is 0 Å². The van der Waals surface area contributed by atoms with E-state index in [1.165, 1.54) is 70.8 Å². The average Bonchev–Trinajstić information content (AvgIpc) is 3.93. The van der Waals surface area contributed by atoms with Crippen molar-refractivity contribution in [1.82, 2.24) is 14.5 Å². The first-order valence-electron chi connectivity index (χ1n) is 19.4. The molecule has 4 heterocycles. The van der Waals surface area contributed by atoms with E-state index in [9.17, 15) is 0 Å². The van der Waals surface area contributed by atoms with Crippen LogP contribution in [0, 0.1) is 0 Å². The van der Waals surface area contributed by atoms with Crippen molar-refractivity contribution in [3.63, 3.8) is 0 Å². The van der Waals surface area contributed by atoms with Gasteiger partial charge in [-0.1, -0.05) is 18.2 Å². The van der Waals surface area contributed by atoms with Crippen LogP contribution in [0.1, 0.15) is 0 Å². The van der Waals surface area contributed by atoms with Gasteiger partial charge >= 0.3 is 304 Å². The molecule has 0 bridgehead atoms. The van der Waals surface area contributed by atoms with Crippen molar-refractivity contribution >= 4 is 84.3 Å². The molecular formula is C52H33GeN3S. The van der Waals surface area contributed by atoms with E-state index in [1.54, 1.807) is 0 Å². The van der Waals surface area contributed by atoms with Crippen LogP contribution in [0.5, 0.6) is 0 Å². The molecule has 0 N–H and O–H groups in total. The molecular weight excluding hydrogens is 771 g/mol. The van der Waals surface area contributed by atoms with Gasteiger partial charge < -0.3 is 0 Å². The predicted octanol–water partition coefficient (Wildman–Crippen LogP) is 10.6. The number of fused-ring (bicyclic) bond motifs is 10. The molecule has 5 heteroatoms. The third kappa shape index (κ3) is 4.72. The molecule has 0 unspecified atom stereocenters. The van der Waals surface area contributed by atoms with Crippen molar-refractivity contribution in [2.24, 2.45) is 0 Å². The Morgan fingerprint density at radius 1 is 0.456 bits per heavy atom. The Labute approximate surface area is 336 Å². The first kappa shape index (κ1) is 32.6. The number of aromatic nitrogens is 3. The monoisotopic (exact) mass is 805 g/mol. The van der Waals surface area contributed by atoms with E-state index < -0.39 is 13.3 Å². The second kappa shape index (κ2) is 12.7. The summed E-state index contributed by atoms with van der Waals surface area (Å²) >= 11 is -1.75. The van der Waals surface area contributed by atoms with E-state index in [2.05, 4.69) is 205 Å². The number of rotatable bonds is 5. The Hall–Kier alpha value is -6.60. The third-order valence-electron chi connectivity index (χ3n) is 11.9. The van der Waals surface area contributed by atoms with Crippen molar-refractivity contribution in [3.8, 4) is 39.5 Å². The van der Waals surface area contributed by atoms with Crippen molar-refractivity contribution in [2.75, 3.05) is 0 Å². The normalized spacial score (nSPS) is 13.1. The summed E-state index contributed by atoms with van der Waals surface area (Å²) in [5.74, 6) is 0.753. The van der Waals surface area contributed by atoms with Gasteiger partial charge in [0.1, 0.15) is 0 Å². The van der Waals surface area contributed by atoms with Gasteiger partial charge in [0, 0.05) is 10.1 Å². The quantitative estimate of drug-likeness (QED) is 0.162. The van der Waals surface area contributed by atoms with Crippen LogP contribution in [-0.4, -0.2) is 27.8 Å². The topological polar surface area (TPSA) is 30.7 Å². The summed E-state index contributed by atoms with van der Waals surface area (Å²) in [5, 5.41) is 5.22. The number of benzene rings is 8. The Kier molecular flexibility index (Phi) is 7.28. The van der Waals surface area contributed by atoms with Crippen LogP contribution >= 0.6 is 11.3 Å². The molecule has 3 aromatic heterocycles. The van der Waals surface area contributed by atoms with Gasteiger partial charge in [-0.3, -0.25) is 0 Å². The van der Waals surface area contributed by atoms with Gasteiger partial charge in [0.15, 0.2) is 0 Å². The van der Waals surface area contributed by atoms with Gasteiger partial charge in [-0.05, 0) is 6.07 Å². The first-order valence-corrected chi connectivity index (χ1v) is 24.4. The zero-order chi connectivity index (χ0) is 37.5. The summed E-state index contributed by atoms with van der Waals surface area (Å²) < 4.78 is 10.4. The summed E-state index contributed by atoms with van der Waals surface area (Å²) in [4.78, 5) is 11.2. The van der Waals surface area contributed by atoms with Crippen LogP contribution in [-0.2, 0) is 0 Å². The number of thiophene rings is 1. The van der Waals surface area contributed by atoms with Crippen molar-refractivity contribution < 1.29 is 0 Å². The van der Waals surface area contributed by atoms with E-state index >= 15 is 0 Å². The molecule has 0 radical (unpaired) electrons. The molecule has 1 aliphatic heterocycles. The summed E-state index contributed by atoms with van der Waals surface area (Å²) in [6, 6.07) is 73.1. The molecule has 1 aliphatic rings. The molecule has 0 spiro atoms. The predicted molar refractivity (Wildman–Crippen MR) is 243 cm³/mol. The molecule has 266 valence electrons. The molecule has 0 aliphatic carbocycles. The fourth-order valence-corrected chi connectivity index (χ4v) is 21.2. The Balaban J connectivity index is 1.09. The van der Waals surface area contributed by atoms with E-state index in [-0.39, 0.29) is 0 Å². The molecule has 0 amide bonds. The molecule has 0 saturated heterocycles. The van der Waals surface area contributed by atoms with Gasteiger partial charge in [0.25, 0.3) is 0 Å². The van der Waals surface area contributed by atoms with Crippen molar-refractivity contribution in [2.45, 2.75) is 0 Å². The van der Waals surface area contributed by atoms with Gasteiger partial charge in [0.2, 0.25) is 0 Å². The minimum absolute atomic E-state index is 0.753. The van der Waals surface area contributed by atoms with Crippen molar-refractivity contribution in [1.29, 1.82) is 0 Å². The zero-order valence-electron chi connectivity index (χ0n) is 30.8. The van der Waals surface area contributed by atoms with E-state index in [1.807, 2.05) is 11.3 Å². The molecule has 3 nitrogen and oxygen atoms in total. The number of nitrogens with zero attached hydrogens (tertiary/aromatic N) is 3. The zero-order valence-corrected chi connectivity index (χ0v) is 33.7. The van der Waals surface area contributed by atoms with E-state index in [4.69, 9.17) is 9.97 Å². The number of hydrogen-bond donors (Lipinski definition) is 0. The molecule has 0 fully saturated rings. The molecule has 57 heavy (non-hydrogen) atoms. The molecule has 12 rings (SSSR count). The Morgan fingerprint density at radius 3 is 1.84 bits per heavy atom. The van der Waals surface area contributed by atoms with Gasteiger partial charge in [-0.2, -0.15) is 0 Å². The van der Waals surface area contributed by atoms with Crippen molar-refractivity contribution in [3.05, 3.63) is 200 Å². The number of hydrogen-bond acceptors (Lipinski definition) is 3. The number of para-hydroxylation sites is 1. The van der Waals surface area contributed by atoms with Crippen LogP contribution in [0.4, 0.5) is 0 Å². The Morgan fingerprint density at radius 2 is 1.09 bits per heavy atom.